The molecule has 2 aromatic rings. The number of carbonyl (C=O) groups excluding carboxylic acids is 1. The molecule has 0 atom stereocenters. The van der Waals surface area contributed by atoms with Crippen LogP contribution in [0, 0.1) is 6.92 Å². The number of nitrogens with zero attached hydrogens (tertiary/aromatic N) is 1. The molecule has 9 heteroatoms. The first-order valence-corrected chi connectivity index (χ1v) is 8.63. The summed E-state index contributed by atoms with van der Waals surface area (Å²) in [4.78, 5) is 25.5. The second-order valence-electron chi connectivity index (χ2n) is 6.41. The van der Waals surface area contributed by atoms with E-state index in [0.717, 1.165) is 12.1 Å². The Kier molecular flexibility index (Phi) is 5.62. The fraction of sp³-hybridized carbons (Fsp3) is 0.368. The first kappa shape index (κ1) is 19.8. The molecule has 1 aliphatic heterocycles. The van der Waals surface area contributed by atoms with Crippen molar-refractivity contribution in [2.45, 2.75) is 32.2 Å². The molecule has 0 bridgehead atoms. The van der Waals surface area contributed by atoms with Crippen molar-refractivity contribution in [1.29, 1.82) is 0 Å². The van der Waals surface area contributed by atoms with E-state index in [0.29, 0.717) is 37.4 Å². The van der Waals surface area contributed by atoms with Crippen LogP contribution in [0.1, 0.15) is 29.0 Å². The average molecular weight is 397 g/mol. The maximum absolute atomic E-state index is 12.6. The minimum atomic E-state index is -4.82. The van der Waals surface area contributed by atoms with Crippen LogP contribution in [0.3, 0.4) is 0 Å². The summed E-state index contributed by atoms with van der Waals surface area (Å²) < 4.78 is 51.5. The molecule has 2 heterocycles. The fourth-order valence-corrected chi connectivity index (χ4v) is 3.02. The molecule has 0 unspecified atom stereocenters. The van der Waals surface area contributed by atoms with E-state index >= 15 is 0 Å². The summed E-state index contributed by atoms with van der Waals surface area (Å²) in [6, 6.07) is 7.88. The second-order valence-corrected chi connectivity index (χ2v) is 6.41. The van der Waals surface area contributed by atoms with Gasteiger partial charge in [-0.05, 0) is 25.1 Å². The Labute approximate surface area is 158 Å². The number of piperidine rings is 1. The van der Waals surface area contributed by atoms with Gasteiger partial charge in [-0.1, -0.05) is 6.07 Å². The normalized spacial score (nSPS) is 15.4. The van der Waals surface area contributed by atoms with E-state index in [9.17, 15) is 22.8 Å². The van der Waals surface area contributed by atoms with Crippen molar-refractivity contribution in [3.8, 4) is 11.5 Å². The van der Waals surface area contributed by atoms with Crippen LogP contribution >= 0.6 is 0 Å². The molecule has 1 fully saturated rings. The summed E-state index contributed by atoms with van der Waals surface area (Å²) in [5.41, 5.74) is -0.374. The highest BCUT2D eigenvalue weighted by atomic mass is 19.4. The van der Waals surface area contributed by atoms with E-state index in [1.54, 1.807) is 17.9 Å². The summed E-state index contributed by atoms with van der Waals surface area (Å²) in [5.74, 6) is 0.0451. The lowest BCUT2D eigenvalue weighted by Crippen LogP contribution is -2.41. The molecule has 1 aliphatic rings. The smallest absolute Gasteiger partial charge is 0.490 e. The molecule has 28 heavy (non-hydrogen) atoms. The van der Waals surface area contributed by atoms with E-state index in [2.05, 4.69) is 4.74 Å². The van der Waals surface area contributed by atoms with Gasteiger partial charge >= 0.3 is 12.0 Å². The average Bonchev–Trinajstić information content (AvgIpc) is 2.60. The zero-order valence-corrected chi connectivity index (χ0v) is 15.0. The molecule has 150 valence electrons. The number of carbonyl (C=O) groups is 1. The lowest BCUT2D eigenvalue weighted by atomic mass is 10.1. The molecule has 1 aromatic heterocycles. The lowest BCUT2D eigenvalue weighted by Gasteiger charge is -2.32. The number of halogens is 3. The summed E-state index contributed by atoms with van der Waals surface area (Å²) in [6.07, 6.45) is -3.93. The molecule has 6 nitrogen and oxygen atoms in total. The predicted molar refractivity (Wildman–Crippen MR) is 92.4 cm³/mol. The number of benzene rings is 1. The van der Waals surface area contributed by atoms with Gasteiger partial charge in [0.25, 0.3) is 5.91 Å². The minimum absolute atomic E-state index is 0.123. The third kappa shape index (κ3) is 5.28. The van der Waals surface area contributed by atoms with Crippen LogP contribution in [0.25, 0.3) is 0 Å². The lowest BCUT2D eigenvalue weighted by molar-refractivity contribution is -0.274. The van der Waals surface area contributed by atoms with E-state index in [-0.39, 0.29) is 17.6 Å². The quantitative estimate of drug-likeness (QED) is 0.790. The maximum Gasteiger partial charge on any atom is 0.573 e. The van der Waals surface area contributed by atoms with Crippen molar-refractivity contribution < 1.29 is 31.9 Å². The molecule has 0 spiro atoms. The van der Waals surface area contributed by atoms with E-state index in [4.69, 9.17) is 9.15 Å². The topological polar surface area (TPSA) is 69.0 Å². The van der Waals surface area contributed by atoms with Crippen molar-refractivity contribution in [2.75, 3.05) is 13.1 Å². The van der Waals surface area contributed by atoms with Crippen molar-refractivity contribution >= 4 is 5.91 Å². The number of likely N-dealkylation sites (tertiary alicyclic amines) is 1. The first-order chi connectivity index (χ1) is 13.2. The van der Waals surface area contributed by atoms with Crippen LogP contribution in [-0.2, 0) is 0 Å². The Morgan fingerprint density at radius 3 is 2.50 bits per heavy atom. The Morgan fingerprint density at radius 1 is 1.14 bits per heavy atom. The number of hydrogen-bond acceptors (Lipinski definition) is 5. The van der Waals surface area contributed by atoms with Gasteiger partial charge in [0.2, 0.25) is 0 Å². The number of alkyl halides is 3. The molecule has 0 saturated carbocycles. The van der Waals surface area contributed by atoms with Crippen LogP contribution in [0.2, 0.25) is 0 Å². The van der Waals surface area contributed by atoms with E-state index in [1.807, 2.05) is 0 Å². The Balaban J connectivity index is 1.59. The third-order valence-corrected chi connectivity index (χ3v) is 4.21. The van der Waals surface area contributed by atoms with Gasteiger partial charge in [-0.15, -0.1) is 13.2 Å². The Bertz CT molecular complexity index is 901. The Hall–Kier alpha value is -2.97. The SMILES string of the molecule is Cc1cc(OC2CCN(C(=O)c3cccc(OC(F)(F)F)c3)CC2)cc(=O)o1. The highest BCUT2D eigenvalue weighted by Gasteiger charge is 2.31. The number of ether oxygens (including phenoxy) is 2. The predicted octanol–water partition coefficient (Wildman–Crippen LogP) is 3.53. The van der Waals surface area contributed by atoms with Crippen LogP contribution < -0.4 is 15.1 Å². The summed E-state index contributed by atoms with van der Waals surface area (Å²) >= 11 is 0. The van der Waals surface area contributed by atoms with Crippen LogP contribution in [-0.4, -0.2) is 36.4 Å². The summed E-state index contributed by atoms with van der Waals surface area (Å²) in [5, 5.41) is 0. The number of hydrogen-bond donors (Lipinski definition) is 0. The van der Waals surface area contributed by atoms with Gasteiger partial charge in [-0.3, -0.25) is 4.79 Å². The first-order valence-electron chi connectivity index (χ1n) is 8.63. The molecular weight excluding hydrogens is 379 g/mol. The number of rotatable bonds is 4. The molecule has 0 N–H and O–H groups in total. The van der Waals surface area contributed by atoms with Gasteiger partial charge in [0, 0.05) is 37.6 Å². The number of aryl methyl sites for hydroxylation is 1. The molecule has 1 saturated heterocycles. The highest BCUT2D eigenvalue weighted by molar-refractivity contribution is 5.94. The Morgan fingerprint density at radius 2 is 1.86 bits per heavy atom. The van der Waals surface area contributed by atoms with Gasteiger partial charge in [-0.2, -0.15) is 0 Å². The molecule has 0 radical (unpaired) electrons. The van der Waals surface area contributed by atoms with Crippen molar-refractivity contribution in [2.24, 2.45) is 0 Å². The monoisotopic (exact) mass is 397 g/mol. The van der Waals surface area contributed by atoms with Gasteiger partial charge in [0.15, 0.2) is 0 Å². The highest BCUT2D eigenvalue weighted by Crippen LogP contribution is 2.25. The van der Waals surface area contributed by atoms with Crippen molar-refractivity contribution in [1.82, 2.24) is 4.90 Å². The van der Waals surface area contributed by atoms with E-state index < -0.39 is 17.7 Å². The molecule has 1 amide bonds. The molecular formula is C19H18F3NO5. The third-order valence-electron chi connectivity index (χ3n) is 4.21. The molecule has 0 aliphatic carbocycles. The van der Waals surface area contributed by atoms with Gasteiger partial charge < -0.3 is 18.8 Å². The van der Waals surface area contributed by atoms with Gasteiger partial charge in [0.1, 0.15) is 23.4 Å². The summed E-state index contributed by atoms with van der Waals surface area (Å²) in [7, 11) is 0. The second kappa shape index (κ2) is 7.95. The van der Waals surface area contributed by atoms with Gasteiger partial charge in [-0.25, -0.2) is 4.79 Å². The fourth-order valence-electron chi connectivity index (χ4n) is 3.02. The number of amides is 1. The van der Waals surface area contributed by atoms with Crippen molar-refractivity contribution in [3.05, 3.63) is 58.1 Å². The standard InChI is InChI=1S/C19H18F3NO5/c1-12-9-16(11-17(24)26-12)27-14-5-7-23(8-6-14)18(25)13-3-2-4-15(10-13)28-19(20,21)22/h2-4,9-11,14H,5-8H2,1H3. The zero-order chi connectivity index (χ0) is 20.3. The molecule has 1 aromatic carbocycles. The van der Waals surface area contributed by atoms with Crippen LogP contribution in [0.15, 0.2) is 45.6 Å². The largest absolute Gasteiger partial charge is 0.573 e. The van der Waals surface area contributed by atoms with Gasteiger partial charge in [0.05, 0.1) is 6.07 Å². The molecule has 3 rings (SSSR count). The van der Waals surface area contributed by atoms with Crippen LogP contribution in [0.4, 0.5) is 13.2 Å². The maximum atomic E-state index is 12.6. The zero-order valence-electron chi connectivity index (χ0n) is 15.0. The van der Waals surface area contributed by atoms with E-state index in [1.165, 1.54) is 18.2 Å². The summed E-state index contributed by atoms with van der Waals surface area (Å²) in [6.45, 7) is 2.41. The van der Waals surface area contributed by atoms with Crippen molar-refractivity contribution in [3.63, 3.8) is 0 Å². The van der Waals surface area contributed by atoms with Crippen LogP contribution in [0.5, 0.6) is 11.5 Å². The minimum Gasteiger partial charge on any atom is -0.490 e.